The number of nitrogens with two attached hydrogens (primary N) is 1. The molecule has 1 aromatic carbocycles. The Morgan fingerprint density at radius 3 is 2.54 bits per heavy atom. The first-order chi connectivity index (χ1) is 12.5. The summed E-state index contributed by atoms with van der Waals surface area (Å²) in [7, 11) is 1.56. The molecule has 2 heterocycles. The molecule has 0 aliphatic heterocycles. The van der Waals surface area contributed by atoms with Crippen LogP contribution in [0, 0.1) is 11.3 Å². The maximum atomic E-state index is 13.1. The molecule has 0 fully saturated rings. The number of nitrogen functional groups attached to an aromatic ring is 1. The first-order valence-electron chi connectivity index (χ1n) is 8.39. The smallest absolute Gasteiger partial charge is 0.332 e. The van der Waals surface area contributed by atoms with Crippen molar-refractivity contribution in [3.8, 4) is 17.2 Å². The lowest BCUT2D eigenvalue weighted by Crippen LogP contribution is -2.39. The van der Waals surface area contributed by atoms with Crippen LogP contribution in [0.15, 0.2) is 39.9 Å². The second-order valence-corrected chi connectivity index (χ2v) is 6.08. The highest BCUT2D eigenvalue weighted by Crippen LogP contribution is 2.31. The highest BCUT2D eigenvalue weighted by atomic mass is 16.2. The van der Waals surface area contributed by atoms with E-state index in [1.807, 2.05) is 25.1 Å². The van der Waals surface area contributed by atoms with Crippen molar-refractivity contribution in [3.63, 3.8) is 0 Å². The van der Waals surface area contributed by atoms with Gasteiger partial charge in [-0.15, -0.1) is 0 Å². The van der Waals surface area contributed by atoms with E-state index in [-0.39, 0.29) is 22.4 Å². The number of hydrogen-bond acceptors (Lipinski definition) is 5. The van der Waals surface area contributed by atoms with Gasteiger partial charge in [0.2, 0.25) is 0 Å². The Balaban J connectivity index is 2.55. The van der Waals surface area contributed by atoms with E-state index in [0.29, 0.717) is 24.1 Å². The number of unbranched alkanes of at least 4 members (excludes halogenated alkanes) is 1. The fourth-order valence-electron chi connectivity index (χ4n) is 3.05. The summed E-state index contributed by atoms with van der Waals surface area (Å²) in [4.78, 5) is 29.9. The van der Waals surface area contributed by atoms with Gasteiger partial charge < -0.3 is 5.73 Å². The molecule has 7 nitrogen and oxygen atoms in total. The standard InChI is InChI=1S/C19H19N5O2/c1-3-4-10-24-18(25)15-14(12-8-6-5-7-9-12)13(11-20)16(21)22-17(15)23(2)19(24)26/h5-9H,3-4,10H2,1-2H3,(H2,21,22). The van der Waals surface area contributed by atoms with Crippen LogP contribution in [0.2, 0.25) is 0 Å². The molecule has 3 aromatic rings. The topological polar surface area (TPSA) is 107 Å². The van der Waals surface area contributed by atoms with Crippen molar-refractivity contribution in [1.82, 2.24) is 14.1 Å². The van der Waals surface area contributed by atoms with Crippen LogP contribution < -0.4 is 17.0 Å². The summed E-state index contributed by atoms with van der Waals surface area (Å²) in [6, 6.07) is 11.1. The van der Waals surface area contributed by atoms with Gasteiger partial charge in [-0.05, 0) is 12.0 Å². The number of nitrogens with zero attached hydrogens (tertiary/aromatic N) is 4. The molecule has 0 saturated heterocycles. The van der Waals surface area contributed by atoms with Crippen LogP contribution in [0.5, 0.6) is 0 Å². The first-order valence-corrected chi connectivity index (χ1v) is 8.39. The third kappa shape index (κ3) is 2.65. The number of fused-ring (bicyclic) bond motifs is 1. The minimum Gasteiger partial charge on any atom is -0.383 e. The lowest BCUT2D eigenvalue weighted by atomic mass is 9.98. The van der Waals surface area contributed by atoms with Crippen LogP contribution in [-0.2, 0) is 13.6 Å². The van der Waals surface area contributed by atoms with E-state index in [4.69, 9.17) is 5.73 Å². The van der Waals surface area contributed by atoms with Crippen LogP contribution in [0.1, 0.15) is 25.3 Å². The Kier molecular flexibility index (Phi) is 4.59. The second kappa shape index (κ2) is 6.84. The van der Waals surface area contributed by atoms with Crippen LogP contribution >= 0.6 is 0 Å². The fraction of sp³-hybridized carbons (Fsp3) is 0.263. The zero-order valence-electron chi connectivity index (χ0n) is 14.7. The fourth-order valence-corrected chi connectivity index (χ4v) is 3.05. The van der Waals surface area contributed by atoms with Gasteiger partial charge in [-0.1, -0.05) is 43.7 Å². The van der Waals surface area contributed by atoms with E-state index in [1.54, 1.807) is 19.2 Å². The minimum absolute atomic E-state index is 0.000406. The minimum atomic E-state index is -0.445. The Morgan fingerprint density at radius 1 is 1.23 bits per heavy atom. The van der Waals surface area contributed by atoms with Crippen LogP contribution in [0.3, 0.4) is 0 Å². The molecular weight excluding hydrogens is 330 g/mol. The van der Waals surface area contributed by atoms with Crippen molar-refractivity contribution in [2.75, 3.05) is 5.73 Å². The van der Waals surface area contributed by atoms with Gasteiger partial charge in [0.25, 0.3) is 5.56 Å². The number of aryl methyl sites for hydroxylation is 1. The molecule has 0 unspecified atom stereocenters. The summed E-state index contributed by atoms with van der Waals surface area (Å²) in [5.41, 5.74) is 6.50. The zero-order chi connectivity index (χ0) is 18.8. The number of anilines is 1. The van der Waals surface area contributed by atoms with Gasteiger partial charge in [0.15, 0.2) is 5.65 Å². The van der Waals surface area contributed by atoms with E-state index >= 15 is 0 Å². The molecule has 0 spiro atoms. The van der Waals surface area contributed by atoms with Crippen molar-refractivity contribution in [3.05, 3.63) is 56.7 Å². The summed E-state index contributed by atoms with van der Waals surface area (Å²) in [5.74, 6) is -0.000406. The first kappa shape index (κ1) is 17.4. The molecule has 0 aliphatic carbocycles. The molecule has 132 valence electrons. The van der Waals surface area contributed by atoms with E-state index in [9.17, 15) is 14.9 Å². The average molecular weight is 349 g/mol. The van der Waals surface area contributed by atoms with Crippen molar-refractivity contribution in [1.29, 1.82) is 5.26 Å². The summed E-state index contributed by atoms with van der Waals surface area (Å²) in [5, 5.41) is 9.83. The molecule has 2 N–H and O–H groups in total. The van der Waals surface area contributed by atoms with Gasteiger partial charge in [0.1, 0.15) is 17.5 Å². The number of rotatable bonds is 4. The number of hydrogen-bond donors (Lipinski definition) is 1. The number of nitriles is 1. The normalized spacial score (nSPS) is 10.8. The number of pyridine rings is 1. The lowest BCUT2D eigenvalue weighted by Gasteiger charge is -2.15. The predicted octanol–water partition coefficient (Wildman–Crippen LogP) is 2.02. The molecule has 0 radical (unpaired) electrons. The SMILES string of the molecule is CCCCn1c(=O)c2c(-c3ccccc3)c(C#N)c(N)nc2n(C)c1=O. The van der Waals surface area contributed by atoms with Crippen molar-refractivity contribution < 1.29 is 0 Å². The molecule has 7 heteroatoms. The molecule has 2 aromatic heterocycles. The lowest BCUT2D eigenvalue weighted by molar-refractivity contribution is 0.567. The van der Waals surface area contributed by atoms with E-state index in [0.717, 1.165) is 6.42 Å². The van der Waals surface area contributed by atoms with E-state index in [2.05, 4.69) is 11.1 Å². The highest BCUT2D eigenvalue weighted by Gasteiger charge is 2.21. The Morgan fingerprint density at radius 2 is 1.92 bits per heavy atom. The van der Waals surface area contributed by atoms with Gasteiger partial charge in [0.05, 0.1) is 5.39 Å². The molecule has 0 aliphatic rings. The molecule has 0 atom stereocenters. The third-order valence-corrected chi connectivity index (χ3v) is 4.41. The monoisotopic (exact) mass is 349 g/mol. The van der Waals surface area contributed by atoms with Crippen LogP contribution in [0.25, 0.3) is 22.2 Å². The molecule has 0 saturated carbocycles. The maximum Gasteiger partial charge on any atom is 0.332 e. The van der Waals surface area contributed by atoms with Gasteiger partial charge in [0, 0.05) is 19.2 Å². The largest absolute Gasteiger partial charge is 0.383 e. The third-order valence-electron chi connectivity index (χ3n) is 4.41. The number of benzene rings is 1. The predicted molar refractivity (Wildman–Crippen MR) is 101 cm³/mol. The summed E-state index contributed by atoms with van der Waals surface area (Å²) < 4.78 is 2.52. The van der Waals surface area contributed by atoms with Crippen LogP contribution in [0.4, 0.5) is 5.82 Å². The Hall–Kier alpha value is -3.40. The van der Waals surface area contributed by atoms with E-state index < -0.39 is 11.2 Å². The molecule has 26 heavy (non-hydrogen) atoms. The summed E-state index contributed by atoms with van der Waals surface area (Å²) >= 11 is 0. The van der Waals surface area contributed by atoms with Crippen molar-refractivity contribution in [2.45, 2.75) is 26.3 Å². The van der Waals surface area contributed by atoms with Gasteiger partial charge in [-0.2, -0.15) is 5.26 Å². The molecule has 3 rings (SSSR count). The quantitative estimate of drug-likeness (QED) is 0.775. The molecule has 0 amide bonds. The maximum absolute atomic E-state index is 13.1. The van der Waals surface area contributed by atoms with Crippen molar-refractivity contribution in [2.24, 2.45) is 7.05 Å². The Labute approximate surface area is 149 Å². The van der Waals surface area contributed by atoms with Gasteiger partial charge in [-0.3, -0.25) is 13.9 Å². The zero-order valence-corrected chi connectivity index (χ0v) is 14.7. The van der Waals surface area contributed by atoms with Gasteiger partial charge in [-0.25, -0.2) is 9.78 Å². The van der Waals surface area contributed by atoms with Crippen molar-refractivity contribution >= 4 is 16.9 Å². The average Bonchev–Trinajstić information content (AvgIpc) is 2.66. The Bertz CT molecular complexity index is 1140. The second-order valence-electron chi connectivity index (χ2n) is 6.08. The van der Waals surface area contributed by atoms with E-state index in [1.165, 1.54) is 9.13 Å². The number of aromatic nitrogens is 3. The summed E-state index contributed by atoms with van der Waals surface area (Å²) in [6.45, 7) is 2.31. The highest BCUT2D eigenvalue weighted by molar-refractivity contribution is 5.97. The van der Waals surface area contributed by atoms with Gasteiger partial charge >= 0.3 is 5.69 Å². The molecule has 0 bridgehead atoms. The van der Waals surface area contributed by atoms with Crippen LogP contribution in [-0.4, -0.2) is 14.1 Å². The summed E-state index contributed by atoms with van der Waals surface area (Å²) in [6.07, 6.45) is 1.55. The molecular formula is C19H19N5O2.